The molecule has 34 heavy (non-hydrogen) atoms. The number of carbonyl (C=O) groups is 1. The molecule has 4 nitrogen and oxygen atoms in total. The van der Waals surface area contributed by atoms with E-state index >= 15 is 0 Å². The highest BCUT2D eigenvalue weighted by molar-refractivity contribution is 5.74. The molecule has 4 saturated carbocycles. The number of aliphatic carboxylic acids is 1. The lowest BCUT2D eigenvalue weighted by Gasteiger charge is -2.72. The van der Waals surface area contributed by atoms with Crippen LogP contribution in [0.15, 0.2) is 11.6 Å². The van der Waals surface area contributed by atoms with Crippen molar-refractivity contribution in [2.75, 3.05) is 0 Å². The topological polar surface area (TPSA) is 77.8 Å². The normalized spacial score (nSPS) is 56.3. The fourth-order valence-corrected chi connectivity index (χ4v) is 10.6. The number of aliphatic hydroxyl groups excluding tert-OH is 2. The second-order valence-electron chi connectivity index (χ2n) is 15.1. The summed E-state index contributed by atoms with van der Waals surface area (Å²) >= 11 is 0. The van der Waals surface area contributed by atoms with Crippen LogP contribution in [0, 0.1) is 50.2 Å². The van der Waals surface area contributed by atoms with Crippen LogP contribution in [-0.2, 0) is 4.79 Å². The number of aliphatic hydroxyl groups is 2. The number of carboxylic acids is 1. The lowest BCUT2D eigenvalue weighted by atomic mass is 9.33. The summed E-state index contributed by atoms with van der Waals surface area (Å²) in [6.45, 7) is 16.1. The Morgan fingerprint density at radius 2 is 1.53 bits per heavy atom. The van der Waals surface area contributed by atoms with Crippen molar-refractivity contribution in [2.45, 2.75) is 118 Å². The van der Waals surface area contributed by atoms with Gasteiger partial charge in [0.2, 0.25) is 0 Å². The van der Waals surface area contributed by atoms with Crippen molar-refractivity contribution in [1.82, 2.24) is 0 Å². The lowest BCUT2D eigenvalue weighted by Crippen LogP contribution is -2.67. The first kappa shape index (κ1) is 24.8. The molecule has 4 heteroatoms. The first-order valence-electron chi connectivity index (χ1n) is 13.9. The fourth-order valence-electron chi connectivity index (χ4n) is 10.6. The maximum Gasteiger partial charge on any atom is 0.309 e. The molecule has 5 aliphatic carbocycles. The number of rotatable bonds is 1. The molecule has 0 aromatic heterocycles. The van der Waals surface area contributed by atoms with Crippen molar-refractivity contribution in [1.29, 1.82) is 0 Å². The highest BCUT2D eigenvalue weighted by Crippen LogP contribution is 2.75. The third kappa shape index (κ3) is 2.88. The van der Waals surface area contributed by atoms with E-state index in [0.29, 0.717) is 12.3 Å². The highest BCUT2D eigenvalue weighted by Gasteiger charge is 2.70. The number of hydrogen-bond donors (Lipinski definition) is 3. The van der Waals surface area contributed by atoms with Crippen LogP contribution >= 0.6 is 0 Å². The van der Waals surface area contributed by atoms with Crippen LogP contribution in [-0.4, -0.2) is 33.5 Å². The van der Waals surface area contributed by atoms with Gasteiger partial charge in [0.15, 0.2) is 0 Å². The Hall–Kier alpha value is -0.870. The fraction of sp³-hybridized carbons (Fsp3) is 0.900. The predicted molar refractivity (Wildman–Crippen MR) is 134 cm³/mol. The van der Waals surface area contributed by atoms with Gasteiger partial charge in [-0.3, -0.25) is 4.79 Å². The molecular weight excluding hydrogens is 424 g/mol. The molecule has 0 amide bonds. The van der Waals surface area contributed by atoms with E-state index in [1.54, 1.807) is 0 Å². The Balaban J connectivity index is 1.61. The van der Waals surface area contributed by atoms with Crippen molar-refractivity contribution < 1.29 is 20.1 Å². The first-order valence-corrected chi connectivity index (χ1v) is 13.9. The van der Waals surface area contributed by atoms with Crippen LogP contribution in [0.4, 0.5) is 0 Å². The van der Waals surface area contributed by atoms with Gasteiger partial charge in [0, 0.05) is 5.92 Å². The Kier molecular flexibility index (Phi) is 5.20. The minimum atomic E-state index is -0.681. The van der Waals surface area contributed by atoms with Crippen LogP contribution in [0.5, 0.6) is 0 Å². The van der Waals surface area contributed by atoms with E-state index in [9.17, 15) is 20.1 Å². The summed E-state index contributed by atoms with van der Waals surface area (Å²) < 4.78 is 0. The monoisotopic (exact) mass is 472 g/mol. The second-order valence-corrected chi connectivity index (χ2v) is 15.1. The molecule has 0 heterocycles. The van der Waals surface area contributed by atoms with Crippen molar-refractivity contribution in [3.63, 3.8) is 0 Å². The maximum absolute atomic E-state index is 12.2. The maximum atomic E-state index is 12.2. The van der Waals surface area contributed by atoms with Crippen LogP contribution in [0.1, 0.15) is 106 Å². The Labute approximate surface area is 206 Å². The number of hydrogen-bond acceptors (Lipinski definition) is 3. The zero-order chi connectivity index (χ0) is 25.1. The molecule has 0 saturated heterocycles. The predicted octanol–water partition coefficient (Wildman–Crippen LogP) is 6.20. The molecule has 5 rings (SSSR count). The number of carboxylic acid groups (broad SMARTS) is 1. The number of allylic oxidation sites excluding steroid dienone is 1. The van der Waals surface area contributed by atoms with Crippen LogP contribution < -0.4 is 0 Å². The van der Waals surface area contributed by atoms with Crippen molar-refractivity contribution in [2.24, 2.45) is 50.2 Å². The van der Waals surface area contributed by atoms with E-state index in [2.05, 4.69) is 47.6 Å². The van der Waals surface area contributed by atoms with Gasteiger partial charge in [-0.1, -0.05) is 53.2 Å². The van der Waals surface area contributed by atoms with Gasteiger partial charge in [-0.15, -0.1) is 0 Å². The van der Waals surface area contributed by atoms with E-state index in [4.69, 9.17) is 0 Å². The third-order valence-corrected chi connectivity index (χ3v) is 13.3. The largest absolute Gasteiger partial charge is 0.481 e. The highest BCUT2D eigenvalue weighted by atomic mass is 16.4. The molecule has 192 valence electrons. The van der Waals surface area contributed by atoms with E-state index < -0.39 is 17.5 Å². The summed E-state index contributed by atoms with van der Waals surface area (Å²) in [4.78, 5) is 12.2. The average molecular weight is 473 g/mol. The second kappa shape index (κ2) is 7.12. The van der Waals surface area contributed by atoms with E-state index in [-0.39, 0.29) is 45.0 Å². The van der Waals surface area contributed by atoms with Gasteiger partial charge in [0.25, 0.3) is 0 Å². The molecule has 0 radical (unpaired) electrons. The van der Waals surface area contributed by atoms with Gasteiger partial charge in [0.1, 0.15) is 0 Å². The van der Waals surface area contributed by atoms with Crippen LogP contribution in [0.3, 0.4) is 0 Å². The molecule has 4 fully saturated rings. The molecule has 3 N–H and O–H groups in total. The minimum Gasteiger partial charge on any atom is -0.481 e. The van der Waals surface area contributed by atoms with Gasteiger partial charge in [-0.05, 0) is 104 Å². The summed E-state index contributed by atoms with van der Waals surface area (Å²) in [5.74, 6) is 0.120. The van der Waals surface area contributed by atoms with E-state index in [0.717, 1.165) is 51.4 Å². The van der Waals surface area contributed by atoms with Gasteiger partial charge in [0.05, 0.1) is 17.6 Å². The number of fused-ring (bicyclic) bond motifs is 7. The summed E-state index contributed by atoms with van der Waals surface area (Å²) in [6.07, 6.45) is 10.0. The summed E-state index contributed by atoms with van der Waals surface area (Å²) in [5, 5.41) is 32.9. The quantitative estimate of drug-likeness (QED) is 0.397. The van der Waals surface area contributed by atoms with Crippen LogP contribution in [0.25, 0.3) is 0 Å². The van der Waals surface area contributed by atoms with E-state index in [1.807, 2.05) is 6.92 Å². The summed E-state index contributed by atoms with van der Waals surface area (Å²) in [7, 11) is 0. The molecule has 0 spiro atoms. The van der Waals surface area contributed by atoms with Crippen LogP contribution in [0.2, 0.25) is 0 Å². The van der Waals surface area contributed by atoms with Gasteiger partial charge < -0.3 is 15.3 Å². The zero-order valence-electron chi connectivity index (χ0n) is 22.6. The van der Waals surface area contributed by atoms with Crippen molar-refractivity contribution >= 4 is 5.97 Å². The zero-order valence-corrected chi connectivity index (χ0v) is 22.6. The minimum absolute atomic E-state index is 0.0108. The SMILES string of the molecule is CC1(C)[C@@H](O)CC[C@]2(C)C3C(O)C=C4[C@H]5C[C@@](C)(C(=O)O)CC[C@]5(C)CC[C@]4(C)[C@]3(C)CC[C@@H]12. The molecule has 2 unspecified atom stereocenters. The van der Waals surface area contributed by atoms with Gasteiger partial charge in [-0.25, -0.2) is 0 Å². The third-order valence-electron chi connectivity index (χ3n) is 13.3. The Morgan fingerprint density at radius 1 is 0.882 bits per heavy atom. The van der Waals surface area contributed by atoms with Crippen molar-refractivity contribution in [3.8, 4) is 0 Å². The smallest absolute Gasteiger partial charge is 0.309 e. The molecular formula is C30H48O4. The summed E-state index contributed by atoms with van der Waals surface area (Å²) in [5.41, 5.74) is 0.613. The lowest BCUT2D eigenvalue weighted by molar-refractivity contribution is -0.224. The van der Waals surface area contributed by atoms with E-state index in [1.165, 1.54) is 5.57 Å². The molecule has 5 aliphatic rings. The molecule has 0 bridgehead atoms. The summed E-state index contributed by atoms with van der Waals surface area (Å²) in [6, 6.07) is 0. The standard InChI is InChI=1S/C30H48O4/c1-25(2)21-8-11-30(7)23(28(21,5)10-9-22(25)32)20(31)16-18-19-17-27(4,24(33)34)13-12-26(19,3)14-15-29(18,30)6/h16,19-23,31-32H,8-15,17H2,1-7H3,(H,33,34)/t19-,20?,21+,22+,23?,26-,27+,28+,29+,30-/m1/s1. The molecule has 10 atom stereocenters. The first-order chi connectivity index (χ1) is 15.6. The van der Waals surface area contributed by atoms with Crippen molar-refractivity contribution in [3.05, 3.63) is 11.6 Å². The molecule has 0 aromatic carbocycles. The molecule has 0 aliphatic heterocycles. The molecule has 0 aromatic rings. The average Bonchev–Trinajstić information content (AvgIpc) is 2.73. The van der Waals surface area contributed by atoms with Gasteiger partial charge in [-0.2, -0.15) is 0 Å². The Bertz CT molecular complexity index is 923. The van der Waals surface area contributed by atoms with Gasteiger partial charge >= 0.3 is 5.97 Å². The Morgan fingerprint density at radius 3 is 2.18 bits per heavy atom.